The van der Waals surface area contributed by atoms with Gasteiger partial charge in [-0.15, -0.1) is 11.3 Å². The van der Waals surface area contributed by atoms with Gasteiger partial charge in [-0.2, -0.15) is 0 Å². The van der Waals surface area contributed by atoms with Crippen LogP contribution in [-0.2, 0) is 0 Å². The second-order valence-corrected chi connectivity index (χ2v) is 12.6. The van der Waals surface area contributed by atoms with Gasteiger partial charge in [0, 0.05) is 48.0 Å². The van der Waals surface area contributed by atoms with E-state index < -0.39 is 0 Å². The van der Waals surface area contributed by atoms with E-state index in [9.17, 15) is 0 Å². The number of hydrogen-bond acceptors (Lipinski definition) is 5. The van der Waals surface area contributed by atoms with Crippen molar-refractivity contribution in [2.75, 3.05) is 0 Å². The predicted molar refractivity (Wildman–Crippen MR) is 181 cm³/mol. The van der Waals surface area contributed by atoms with E-state index in [1.54, 1.807) is 0 Å². The summed E-state index contributed by atoms with van der Waals surface area (Å²) in [5, 5.41) is 4.69. The van der Waals surface area contributed by atoms with Crippen molar-refractivity contribution in [3.05, 3.63) is 108 Å². The van der Waals surface area contributed by atoms with E-state index in [1.165, 1.54) is 45.0 Å². The van der Waals surface area contributed by atoms with Gasteiger partial charge in [-0.3, -0.25) is 0 Å². The molecule has 0 unspecified atom stereocenters. The standard InChI is InChI=1S/C38H31N3OS/c1-3-4-14-26-23(2)21-30-28-16-9-11-18-33(28)43-35(30)34(26)38-40-36(24-12-6-5-7-13-24)39-37(41-38)25-19-20-32-29(22-25)27-15-8-10-17-31(27)42-32/h3-4,8-11,14-22,24H,1,5-7,12-13H2,2H3/b14-4-. The quantitative estimate of drug-likeness (QED) is 0.191. The summed E-state index contributed by atoms with van der Waals surface area (Å²) in [7, 11) is 0. The highest BCUT2D eigenvalue weighted by Gasteiger charge is 2.24. The maximum absolute atomic E-state index is 6.13. The lowest BCUT2D eigenvalue weighted by Gasteiger charge is -2.21. The van der Waals surface area contributed by atoms with E-state index in [2.05, 4.69) is 74.2 Å². The van der Waals surface area contributed by atoms with Gasteiger partial charge in [0.1, 0.15) is 17.0 Å². The van der Waals surface area contributed by atoms with Crippen LogP contribution in [0, 0.1) is 6.92 Å². The van der Waals surface area contributed by atoms with Crippen LogP contribution in [-0.4, -0.2) is 15.0 Å². The number of benzene rings is 4. The van der Waals surface area contributed by atoms with E-state index in [1.807, 2.05) is 41.7 Å². The lowest BCUT2D eigenvalue weighted by Crippen LogP contribution is -2.12. The van der Waals surface area contributed by atoms with Crippen LogP contribution in [0.15, 0.2) is 95.9 Å². The number of para-hydroxylation sites is 1. The maximum Gasteiger partial charge on any atom is 0.165 e. The number of allylic oxidation sites excluding steroid dienone is 2. The molecular formula is C38H31N3OS. The summed E-state index contributed by atoms with van der Waals surface area (Å²) in [5.41, 5.74) is 6.13. The van der Waals surface area contributed by atoms with Gasteiger partial charge < -0.3 is 4.42 Å². The van der Waals surface area contributed by atoms with Crippen molar-refractivity contribution >= 4 is 59.5 Å². The van der Waals surface area contributed by atoms with Crippen molar-refractivity contribution in [2.24, 2.45) is 0 Å². The number of aryl methyl sites for hydroxylation is 1. The molecule has 0 bridgehead atoms. The third-order valence-corrected chi connectivity index (χ3v) is 10.0. The SMILES string of the molecule is C=C/C=C\c1c(C)cc2c(sc3ccccc32)c1-c1nc(-c2ccc3oc4ccccc4c3c2)nc(C2CCCCC2)n1. The minimum absolute atomic E-state index is 0.336. The van der Waals surface area contributed by atoms with Gasteiger partial charge >= 0.3 is 0 Å². The Kier molecular flexibility index (Phi) is 6.41. The molecule has 43 heavy (non-hydrogen) atoms. The third-order valence-electron chi connectivity index (χ3n) is 8.80. The molecule has 3 heterocycles. The lowest BCUT2D eigenvalue weighted by molar-refractivity contribution is 0.428. The van der Waals surface area contributed by atoms with Crippen LogP contribution in [0.25, 0.3) is 71.0 Å². The van der Waals surface area contributed by atoms with Gasteiger partial charge in [-0.25, -0.2) is 15.0 Å². The van der Waals surface area contributed by atoms with Gasteiger partial charge in [-0.05, 0) is 67.3 Å². The van der Waals surface area contributed by atoms with Crippen LogP contribution in [0.2, 0.25) is 0 Å². The van der Waals surface area contributed by atoms with Gasteiger partial charge in [-0.1, -0.05) is 80.5 Å². The van der Waals surface area contributed by atoms with E-state index in [-0.39, 0.29) is 0 Å². The Labute approximate surface area is 254 Å². The summed E-state index contributed by atoms with van der Waals surface area (Å²) in [6, 6.07) is 25.5. The first kappa shape index (κ1) is 26.1. The molecule has 1 aliphatic rings. The molecule has 0 N–H and O–H groups in total. The molecule has 0 amide bonds. The van der Waals surface area contributed by atoms with Crippen LogP contribution in [0.1, 0.15) is 55.0 Å². The van der Waals surface area contributed by atoms with Crippen molar-refractivity contribution in [2.45, 2.75) is 44.9 Å². The van der Waals surface area contributed by atoms with Crippen molar-refractivity contribution < 1.29 is 4.42 Å². The number of nitrogens with zero attached hydrogens (tertiary/aromatic N) is 3. The Morgan fingerprint density at radius 3 is 2.42 bits per heavy atom. The van der Waals surface area contributed by atoms with Gasteiger partial charge in [0.25, 0.3) is 0 Å². The molecule has 7 aromatic rings. The highest BCUT2D eigenvalue weighted by atomic mass is 32.1. The topological polar surface area (TPSA) is 51.8 Å². The van der Waals surface area contributed by atoms with Crippen LogP contribution in [0.3, 0.4) is 0 Å². The van der Waals surface area contributed by atoms with E-state index in [0.717, 1.165) is 63.1 Å². The number of aromatic nitrogens is 3. The number of rotatable bonds is 5. The predicted octanol–water partition coefficient (Wildman–Crippen LogP) is 11.0. The second-order valence-electron chi connectivity index (χ2n) is 11.5. The summed E-state index contributed by atoms with van der Waals surface area (Å²) < 4.78 is 8.60. The molecular weight excluding hydrogens is 547 g/mol. The zero-order valence-corrected chi connectivity index (χ0v) is 25.0. The van der Waals surface area contributed by atoms with E-state index >= 15 is 0 Å². The molecule has 0 atom stereocenters. The summed E-state index contributed by atoms with van der Waals surface area (Å²) in [6.07, 6.45) is 11.9. The smallest absolute Gasteiger partial charge is 0.165 e. The number of hydrogen-bond donors (Lipinski definition) is 0. The van der Waals surface area contributed by atoms with Crippen LogP contribution < -0.4 is 0 Å². The minimum atomic E-state index is 0.336. The molecule has 5 heteroatoms. The molecule has 1 aliphatic carbocycles. The molecule has 1 fully saturated rings. The Hall–Kier alpha value is -4.61. The molecule has 4 nitrogen and oxygen atoms in total. The average Bonchev–Trinajstić information content (AvgIpc) is 3.61. The lowest BCUT2D eigenvalue weighted by atomic mass is 9.88. The van der Waals surface area contributed by atoms with Crippen molar-refractivity contribution in [1.29, 1.82) is 0 Å². The normalized spacial score (nSPS) is 14.5. The Morgan fingerprint density at radius 1 is 0.791 bits per heavy atom. The molecule has 0 aliphatic heterocycles. The molecule has 210 valence electrons. The summed E-state index contributed by atoms with van der Waals surface area (Å²) in [5.74, 6) is 2.70. The maximum atomic E-state index is 6.13. The third kappa shape index (κ3) is 4.47. The van der Waals surface area contributed by atoms with Crippen LogP contribution in [0.4, 0.5) is 0 Å². The van der Waals surface area contributed by atoms with Crippen molar-refractivity contribution in [3.8, 4) is 22.8 Å². The monoisotopic (exact) mass is 577 g/mol. The average molecular weight is 578 g/mol. The number of thiophene rings is 1. The second kappa shape index (κ2) is 10.6. The van der Waals surface area contributed by atoms with Gasteiger partial charge in [0.2, 0.25) is 0 Å². The fourth-order valence-corrected chi connectivity index (χ4v) is 7.89. The first-order chi connectivity index (χ1) is 21.2. The minimum Gasteiger partial charge on any atom is -0.456 e. The zero-order valence-electron chi connectivity index (χ0n) is 24.1. The van der Waals surface area contributed by atoms with Gasteiger partial charge in [0.05, 0.1) is 0 Å². The summed E-state index contributed by atoms with van der Waals surface area (Å²) in [4.78, 5) is 15.7. The molecule has 3 aromatic heterocycles. The molecule has 8 rings (SSSR count). The van der Waals surface area contributed by atoms with Crippen molar-refractivity contribution in [3.63, 3.8) is 0 Å². The molecule has 1 saturated carbocycles. The van der Waals surface area contributed by atoms with Crippen LogP contribution in [0.5, 0.6) is 0 Å². The largest absolute Gasteiger partial charge is 0.456 e. The summed E-state index contributed by atoms with van der Waals surface area (Å²) >= 11 is 1.81. The number of fused-ring (bicyclic) bond motifs is 6. The van der Waals surface area contributed by atoms with E-state index in [4.69, 9.17) is 19.4 Å². The highest BCUT2D eigenvalue weighted by Crippen LogP contribution is 2.44. The van der Waals surface area contributed by atoms with Gasteiger partial charge in [0.15, 0.2) is 11.6 Å². The molecule has 0 radical (unpaired) electrons. The number of furan rings is 1. The fraction of sp³-hybridized carbons (Fsp3) is 0.184. The zero-order chi connectivity index (χ0) is 28.9. The Balaban J connectivity index is 1.41. The van der Waals surface area contributed by atoms with Crippen molar-refractivity contribution in [1.82, 2.24) is 15.0 Å². The Bertz CT molecular complexity index is 2210. The molecule has 0 spiro atoms. The first-order valence-corrected chi connectivity index (χ1v) is 15.9. The molecule has 4 aromatic carbocycles. The molecule has 0 saturated heterocycles. The van der Waals surface area contributed by atoms with E-state index in [0.29, 0.717) is 11.7 Å². The Morgan fingerprint density at radius 2 is 1.56 bits per heavy atom. The summed E-state index contributed by atoms with van der Waals surface area (Å²) in [6.45, 7) is 6.12. The highest BCUT2D eigenvalue weighted by molar-refractivity contribution is 7.26. The fourth-order valence-electron chi connectivity index (χ4n) is 6.65. The first-order valence-electron chi connectivity index (χ1n) is 15.1. The van der Waals surface area contributed by atoms with Crippen LogP contribution >= 0.6 is 11.3 Å².